The van der Waals surface area contributed by atoms with E-state index in [1.165, 1.54) is 18.9 Å². The minimum Gasteiger partial charge on any atom is -0.469 e. The first-order valence-corrected chi connectivity index (χ1v) is 8.57. The van der Waals surface area contributed by atoms with Gasteiger partial charge in [0.15, 0.2) is 9.84 Å². The fraction of sp³-hybridized carbons (Fsp3) is 0.462. The van der Waals surface area contributed by atoms with Crippen molar-refractivity contribution in [3.8, 4) is 0 Å². The number of ether oxygens (including phenoxy) is 1. The molecular weight excluding hydrogens is 284 g/mol. The Labute approximate surface area is 117 Å². The summed E-state index contributed by atoms with van der Waals surface area (Å²) in [6, 6.07) is 7.08. The molecule has 1 aliphatic heterocycles. The maximum atomic E-state index is 12.0. The number of methoxy groups -OCH3 is 1. The molecule has 0 aliphatic carbocycles. The van der Waals surface area contributed by atoms with Gasteiger partial charge < -0.3 is 4.74 Å². The molecule has 6 heteroatoms. The number of hydrogen-bond acceptors (Lipinski definition) is 5. The molecule has 19 heavy (non-hydrogen) atoms. The first-order chi connectivity index (χ1) is 8.94. The molecule has 0 bridgehead atoms. The van der Waals surface area contributed by atoms with Crippen LogP contribution < -0.4 is 0 Å². The van der Waals surface area contributed by atoms with Gasteiger partial charge in [0.2, 0.25) is 0 Å². The van der Waals surface area contributed by atoms with Crippen LogP contribution in [0.3, 0.4) is 0 Å². The molecular formula is C13H16O4S2. The Morgan fingerprint density at radius 3 is 2.84 bits per heavy atom. The van der Waals surface area contributed by atoms with Crippen LogP contribution >= 0.6 is 11.8 Å². The van der Waals surface area contributed by atoms with Gasteiger partial charge in [0.25, 0.3) is 0 Å². The third-order valence-corrected chi connectivity index (χ3v) is 6.46. The van der Waals surface area contributed by atoms with Gasteiger partial charge in [-0.15, -0.1) is 11.8 Å². The average molecular weight is 300 g/mol. The Morgan fingerprint density at radius 2 is 2.16 bits per heavy atom. The second-order valence-corrected chi connectivity index (χ2v) is 8.18. The molecule has 0 radical (unpaired) electrons. The summed E-state index contributed by atoms with van der Waals surface area (Å²) in [7, 11) is -1.82. The summed E-state index contributed by atoms with van der Waals surface area (Å²) in [5.41, 5.74) is 0.851. The number of rotatable bonds is 4. The van der Waals surface area contributed by atoms with Gasteiger partial charge in [0, 0.05) is 10.5 Å². The van der Waals surface area contributed by atoms with Crippen LogP contribution in [0.15, 0.2) is 29.2 Å². The van der Waals surface area contributed by atoms with E-state index in [0.29, 0.717) is 11.3 Å². The van der Waals surface area contributed by atoms with E-state index < -0.39 is 9.84 Å². The van der Waals surface area contributed by atoms with Crippen LogP contribution in [0.4, 0.5) is 0 Å². The predicted octanol–water partition coefficient (Wildman–Crippen LogP) is 2.20. The van der Waals surface area contributed by atoms with Crippen LogP contribution in [0, 0.1) is 0 Å². The van der Waals surface area contributed by atoms with Gasteiger partial charge in [-0.3, -0.25) is 4.79 Å². The van der Waals surface area contributed by atoms with Crippen LogP contribution in [0.5, 0.6) is 0 Å². The molecule has 2 atom stereocenters. The molecule has 0 amide bonds. The molecule has 4 nitrogen and oxygen atoms in total. The van der Waals surface area contributed by atoms with Crippen LogP contribution in [0.1, 0.15) is 24.2 Å². The zero-order valence-corrected chi connectivity index (χ0v) is 12.5. The zero-order valence-electron chi connectivity index (χ0n) is 10.8. The Kier molecular flexibility index (Phi) is 4.20. The van der Waals surface area contributed by atoms with Crippen molar-refractivity contribution in [3.05, 3.63) is 29.8 Å². The van der Waals surface area contributed by atoms with Gasteiger partial charge in [0.05, 0.1) is 24.2 Å². The number of sulfone groups is 1. The number of benzene rings is 1. The number of fused-ring (bicyclic) bond motifs is 1. The van der Waals surface area contributed by atoms with Crippen molar-refractivity contribution >= 4 is 27.6 Å². The number of hydrogen-bond donors (Lipinski definition) is 0. The van der Waals surface area contributed by atoms with Gasteiger partial charge in [-0.1, -0.05) is 25.1 Å². The van der Waals surface area contributed by atoms with Crippen molar-refractivity contribution in [3.63, 3.8) is 0 Å². The van der Waals surface area contributed by atoms with E-state index in [-0.39, 0.29) is 22.2 Å². The van der Waals surface area contributed by atoms with Gasteiger partial charge in [-0.2, -0.15) is 0 Å². The van der Waals surface area contributed by atoms with Crippen LogP contribution in [-0.4, -0.2) is 32.5 Å². The van der Waals surface area contributed by atoms with Crippen molar-refractivity contribution in [2.75, 3.05) is 12.9 Å². The third-order valence-electron chi connectivity index (χ3n) is 3.05. The summed E-state index contributed by atoms with van der Waals surface area (Å²) in [4.78, 5) is 11.6. The van der Waals surface area contributed by atoms with Crippen molar-refractivity contribution in [2.45, 2.75) is 28.7 Å². The minimum atomic E-state index is -3.17. The van der Waals surface area contributed by atoms with Gasteiger partial charge in [-0.25, -0.2) is 8.42 Å². The molecule has 0 N–H and O–H groups in total. The van der Waals surface area contributed by atoms with Gasteiger partial charge in [0.1, 0.15) is 0 Å². The number of carbonyl (C=O) groups is 1. The van der Waals surface area contributed by atoms with E-state index in [4.69, 9.17) is 0 Å². The fourth-order valence-corrected chi connectivity index (χ4v) is 5.85. The Bertz CT molecular complexity index is 580. The van der Waals surface area contributed by atoms with Crippen LogP contribution in [0.2, 0.25) is 0 Å². The smallest absolute Gasteiger partial charge is 0.306 e. The molecule has 1 aliphatic rings. The summed E-state index contributed by atoms with van der Waals surface area (Å²) in [5.74, 6) is -0.156. The standard InChI is InChI=1S/C13H16O4S2/c1-9(7-13(14)17-2)18-11-8-19(15,16)12-6-4-3-5-10(11)12/h3-6,9,11H,7-8H2,1-2H3. The third kappa shape index (κ3) is 3.12. The Morgan fingerprint density at radius 1 is 1.47 bits per heavy atom. The summed E-state index contributed by atoms with van der Waals surface area (Å²) in [6.45, 7) is 1.91. The molecule has 2 rings (SSSR count). The summed E-state index contributed by atoms with van der Waals surface area (Å²) in [6.07, 6.45) is 0.292. The van der Waals surface area contributed by atoms with E-state index in [2.05, 4.69) is 4.74 Å². The normalized spacial score (nSPS) is 21.7. The van der Waals surface area contributed by atoms with Crippen LogP contribution in [-0.2, 0) is 19.4 Å². The predicted molar refractivity (Wildman–Crippen MR) is 74.9 cm³/mol. The van der Waals surface area contributed by atoms with Crippen molar-refractivity contribution in [1.82, 2.24) is 0 Å². The first kappa shape index (κ1) is 14.4. The molecule has 0 fully saturated rings. The van der Waals surface area contributed by atoms with Gasteiger partial charge >= 0.3 is 5.97 Å². The highest BCUT2D eigenvalue weighted by molar-refractivity contribution is 8.02. The minimum absolute atomic E-state index is 0.0267. The number of thioether (sulfide) groups is 1. The average Bonchev–Trinajstić information content (AvgIpc) is 2.61. The first-order valence-electron chi connectivity index (χ1n) is 5.98. The fourth-order valence-electron chi connectivity index (χ4n) is 2.17. The van der Waals surface area contributed by atoms with Crippen molar-refractivity contribution in [2.24, 2.45) is 0 Å². The molecule has 1 aromatic rings. The number of esters is 1. The van der Waals surface area contributed by atoms with Gasteiger partial charge in [-0.05, 0) is 11.6 Å². The lowest BCUT2D eigenvalue weighted by molar-refractivity contribution is -0.140. The van der Waals surface area contributed by atoms with E-state index in [1.807, 2.05) is 19.1 Å². The maximum Gasteiger partial charge on any atom is 0.306 e. The lowest BCUT2D eigenvalue weighted by atomic mass is 10.2. The van der Waals surface area contributed by atoms with E-state index in [1.54, 1.807) is 12.1 Å². The second kappa shape index (κ2) is 5.54. The molecule has 0 saturated carbocycles. The van der Waals surface area contributed by atoms with E-state index in [9.17, 15) is 13.2 Å². The maximum absolute atomic E-state index is 12.0. The topological polar surface area (TPSA) is 60.4 Å². The Hall–Kier alpha value is -1.01. The van der Waals surface area contributed by atoms with E-state index in [0.717, 1.165) is 5.56 Å². The summed E-state index contributed by atoms with van der Waals surface area (Å²) >= 11 is 1.52. The lowest BCUT2D eigenvalue weighted by Crippen LogP contribution is -2.11. The number of carbonyl (C=O) groups excluding carboxylic acids is 1. The van der Waals surface area contributed by atoms with Crippen molar-refractivity contribution < 1.29 is 17.9 Å². The quantitative estimate of drug-likeness (QED) is 0.798. The zero-order chi connectivity index (χ0) is 14.0. The summed E-state index contributed by atoms with van der Waals surface area (Å²) in [5, 5.41) is -0.0698. The SMILES string of the molecule is COC(=O)CC(C)SC1CS(=O)(=O)c2ccccc21. The highest BCUT2D eigenvalue weighted by Crippen LogP contribution is 2.43. The molecule has 1 aromatic carbocycles. The molecule has 1 heterocycles. The monoisotopic (exact) mass is 300 g/mol. The molecule has 2 unspecified atom stereocenters. The van der Waals surface area contributed by atoms with Crippen molar-refractivity contribution in [1.29, 1.82) is 0 Å². The highest BCUT2D eigenvalue weighted by Gasteiger charge is 2.35. The largest absolute Gasteiger partial charge is 0.469 e. The molecule has 104 valence electrons. The summed E-state index contributed by atoms with van der Waals surface area (Å²) < 4.78 is 28.7. The molecule has 0 spiro atoms. The molecule has 0 saturated heterocycles. The Balaban J connectivity index is 2.14. The molecule has 0 aromatic heterocycles. The lowest BCUT2D eigenvalue weighted by Gasteiger charge is -2.15. The highest BCUT2D eigenvalue weighted by atomic mass is 32.2. The van der Waals surface area contributed by atoms with E-state index >= 15 is 0 Å². The van der Waals surface area contributed by atoms with Crippen LogP contribution in [0.25, 0.3) is 0 Å². The second-order valence-electron chi connectivity index (χ2n) is 4.53.